The van der Waals surface area contributed by atoms with Crippen LogP contribution in [0.5, 0.6) is 0 Å². The van der Waals surface area contributed by atoms with E-state index in [1.54, 1.807) is 55.4 Å². The Bertz CT molecular complexity index is 1130. The number of ketones is 6. The second kappa shape index (κ2) is 20.8. The van der Waals surface area contributed by atoms with Crippen LogP contribution < -0.4 is 0 Å². The van der Waals surface area contributed by atoms with Crippen LogP contribution in [0.15, 0.2) is 73.6 Å². The van der Waals surface area contributed by atoms with Gasteiger partial charge in [0.05, 0.1) is 17.8 Å². The average molecular weight is 630 g/mol. The van der Waals surface area contributed by atoms with E-state index >= 15 is 0 Å². The second-order valence-corrected chi connectivity index (χ2v) is 10.0. The summed E-state index contributed by atoms with van der Waals surface area (Å²) >= 11 is 0. The molecule has 3 aromatic heterocycles. The number of carbonyl (C=O) groups is 6. The quantitative estimate of drug-likeness (QED) is 0.212. The smallest absolute Gasteiger partial charge is 0.140 e. The summed E-state index contributed by atoms with van der Waals surface area (Å²) < 4.78 is 0. The molecule has 3 rings (SSSR count). The summed E-state index contributed by atoms with van der Waals surface area (Å²) in [7, 11) is 0. The Balaban J connectivity index is 0.000000608. The predicted molar refractivity (Wildman–Crippen MR) is 158 cm³/mol. The van der Waals surface area contributed by atoms with Gasteiger partial charge in [-0.05, 0) is 95.7 Å². The van der Waals surface area contributed by atoms with Crippen LogP contribution in [0, 0.1) is 17.8 Å². The zero-order valence-corrected chi connectivity index (χ0v) is 26.5. The summed E-state index contributed by atoms with van der Waals surface area (Å²) in [6.45, 7) is 8.68. The van der Waals surface area contributed by atoms with E-state index in [4.69, 9.17) is 0 Å². The van der Waals surface area contributed by atoms with E-state index in [0.29, 0.717) is 19.3 Å². The minimum absolute atomic E-state index is 0. The summed E-state index contributed by atoms with van der Waals surface area (Å²) in [5.74, 6) is -2.04. The van der Waals surface area contributed by atoms with Crippen molar-refractivity contribution in [3.05, 3.63) is 90.3 Å². The maximum Gasteiger partial charge on any atom is 0.140 e. The number of hydrogen-bond donors (Lipinski definition) is 0. The first-order valence-electron chi connectivity index (χ1n) is 13.5. The van der Waals surface area contributed by atoms with Gasteiger partial charge in [0.15, 0.2) is 0 Å². The Morgan fingerprint density at radius 1 is 0.465 bits per heavy atom. The molecule has 0 radical (unpaired) electrons. The van der Waals surface area contributed by atoms with Gasteiger partial charge in [-0.1, -0.05) is 18.2 Å². The van der Waals surface area contributed by atoms with Crippen molar-refractivity contribution in [1.29, 1.82) is 0 Å². The van der Waals surface area contributed by atoms with Gasteiger partial charge in [0.25, 0.3) is 0 Å². The van der Waals surface area contributed by atoms with Gasteiger partial charge in [-0.2, -0.15) is 0 Å². The average Bonchev–Trinajstić information content (AvgIpc) is 2.94. The minimum atomic E-state index is -0.515. The Morgan fingerprint density at radius 2 is 0.674 bits per heavy atom. The standard InChI is InChI=1S/3C11H13NO2.Fe/c3*1-8(13)11(9(2)14)6-10-4-3-5-12-7-10;/h3*3-5,7,11H,6H2,1-2H3;. The number of aromatic nitrogens is 3. The molecule has 3 aromatic rings. The topological polar surface area (TPSA) is 141 Å². The Hall–Kier alpha value is -4.01. The molecule has 9 nitrogen and oxygen atoms in total. The summed E-state index contributed by atoms with van der Waals surface area (Å²) in [5, 5.41) is 0. The molecule has 0 aliphatic rings. The van der Waals surface area contributed by atoms with Crippen molar-refractivity contribution in [3.8, 4) is 0 Å². The van der Waals surface area contributed by atoms with Crippen molar-refractivity contribution in [3.63, 3.8) is 0 Å². The van der Waals surface area contributed by atoms with Crippen LogP contribution in [0.25, 0.3) is 0 Å². The second-order valence-electron chi connectivity index (χ2n) is 10.0. The number of Topliss-reactive ketones (excluding diaryl/α,β-unsaturated/α-hetero) is 6. The molecular formula is C33H39FeN3O6. The molecule has 0 aliphatic heterocycles. The van der Waals surface area contributed by atoms with Crippen LogP contribution in [-0.2, 0) is 65.1 Å². The Labute approximate surface area is 263 Å². The molecule has 0 amide bonds. The fraction of sp³-hybridized carbons (Fsp3) is 0.364. The fourth-order valence-corrected chi connectivity index (χ4v) is 3.98. The maximum absolute atomic E-state index is 11.1. The van der Waals surface area contributed by atoms with Crippen LogP contribution in [0.3, 0.4) is 0 Å². The molecule has 0 fully saturated rings. The number of hydrogen-bond acceptors (Lipinski definition) is 9. The van der Waals surface area contributed by atoms with Crippen LogP contribution in [0.4, 0.5) is 0 Å². The minimum Gasteiger partial charge on any atom is -0.299 e. The van der Waals surface area contributed by atoms with Crippen LogP contribution in [0.2, 0.25) is 0 Å². The number of carbonyl (C=O) groups excluding carboxylic acids is 6. The van der Waals surface area contributed by atoms with Crippen molar-refractivity contribution in [2.75, 3.05) is 0 Å². The van der Waals surface area contributed by atoms with E-state index in [1.807, 2.05) is 18.2 Å². The molecule has 3 heterocycles. The maximum atomic E-state index is 11.1. The molecule has 0 atom stereocenters. The van der Waals surface area contributed by atoms with Gasteiger partial charge < -0.3 is 0 Å². The van der Waals surface area contributed by atoms with Crippen LogP contribution >= 0.6 is 0 Å². The fourth-order valence-electron chi connectivity index (χ4n) is 3.98. The molecule has 0 bridgehead atoms. The first-order valence-corrected chi connectivity index (χ1v) is 13.5. The molecule has 0 aromatic carbocycles. The Kier molecular flexibility index (Phi) is 18.9. The van der Waals surface area contributed by atoms with Gasteiger partial charge >= 0.3 is 0 Å². The van der Waals surface area contributed by atoms with Gasteiger partial charge in [-0.25, -0.2) is 0 Å². The van der Waals surface area contributed by atoms with E-state index in [9.17, 15) is 28.8 Å². The monoisotopic (exact) mass is 629 g/mol. The Morgan fingerprint density at radius 3 is 0.814 bits per heavy atom. The molecule has 0 aliphatic carbocycles. The van der Waals surface area contributed by atoms with Crippen molar-refractivity contribution in [2.24, 2.45) is 17.8 Å². The third-order valence-electron chi connectivity index (χ3n) is 6.43. The molecular weight excluding hydrogens is 590 g/mol. The zero-order valence-electron chi connectivity index (χ0n) is 25.4. The van der Waals surface area contributed by atoms with Crippen LogP contribution in [-0.4, -0.2) is 49.7 Å². The van der Waals surface area contributed by atoms with E-state index in [0.717, 1.165) is 16.7 Å². The van der Waals surface area contributed by atoms with Crippen molar-refractivity contribution in [1.82, 2.24) is 15.0 Å². The van der Waals surface area contributed by atoms with Crippen LogP contribution in [0.1, 0.15) is 58.2 Å². The summed E-state index contributed by atoms with van der Waals surface area (Å²) in [5.41, 5.74) is 2.76. The first kappa shape index (κ1) is 39.0. The molecule has 0 saturated heterocycles. The zero-order chi connectivity index (χ0) is 31.7. The van der Waals surface area contributed by atoms with Gasteiger partial charge in [0.2, 0.25) is 0 Å². The summed E-state index contributed by atoms with van der Waals surface area (Å²) in [6.07, 6.45) is 11.4. The molecule has 0 spiro atoms. The van der Waals surface area contributed by atoms with E-state index in [1.165, 1.54) is 41.5 Å². The van der Waals surface area contributed by atoms with Gasteiger partial charge in [0, 0.05) is 54.2 Å². The summed E-state index contributed by atoms with van der Waals surface area (Å²) in [6, 6.07) is 11.0. The van der Waals surface area contributed by atoms with E-state index in [2.05, 4.69) is 15.0 Å². The largest absolute Gasteiger partial charge is 0.299 e. The number of rotatable bonds is 12. The SMILES string of the molecule is CC(=O)C(Cc1cccnc1)C(C)=O.CC(=O)C(Cc1cccnc1)C(C)=O.CC(=O)C(Cc1cccnc1)C(C)=O.[Fe]. The normalized spacial score (nSPS) is 9.98. The predicted octanol–water partition coefficient (Wildman–Crippen LogP) is 4.25. The van der Waals surface area contributed by atoms with Gasteiger partial charge in [-0.3, -0.25) is 43.7 Å². The van der Waals surface area contributed by atoms with Crippen molar-refractivity contribution < 1.29 is 45.8 Å². The summed E-state index contributed by atoms with van der Waals surface area (Å²) in [4.78, 5) is 78.7. The number of pyridine rings is 3. The van der Waals surface area contributed by atoms with E-state index in [-0.39, 0.29) is 51.8 Å². The molecule has 10 heteroatoms. The molecule has 0 N–H and O–H groups in total. The first-order chi connectivity index (χ1) is 19.8. The molecule has 0 unspecified atom stereocenters. The van der Waals surface area contributed by atoms with Crippen molar-refractivity contribution in [2.45, 2.75) is 60.8 Å². The van der Waals surface area contributed by atoms with Crippen molar-refractivity contribution >= 4 is 34.7 Å². The molecule has 230 valence electrons. The molecule has 43 heavy (non-hydrogen) atoms. The molecule has 0 saturated carbocycles. The van der Waals surface area contributed by atoms with Gasteiger partial charge in [0.1, 0.15) is 34.7 Å². The van der Waals surface area contributed by atoms with E-state index < -0.39 is 17.8 Å². The third kappa shape index (κ3) is 15.7. The van der Waals surface area contributed by atoms with Gasteiger partial charge in [-0.15, -0.1) is 0 Å². The third-order valence-corrected chi connectivity index (χ3v) is 6.43. The number of nitrogens with zero attached hydrogens (tertiary/aromatic N) is 3.